The van der Waals surface area contributed by atoms with E-state index in [0.29, 0.717) is 24.5 Å². The van der Waals surface area contributed by atoms with Gasteiger partial charge in [0.15, 0.2) is 0 Å². The van der Waals surface area contributed by atoms with Crippen molar-refractivity contribution in [1.29, 1.82) is 0 Å². The third kappa shape index (κ3) is 2.86. The summed E-state index contributed by atoms with van der Waals surface area (Å²) in [5.74, 6) is 1.54. The van der Waals surface area contributed by atoms with E-state index in [-0.39, 0.29) is 6.10 Å². The zero-order chi connectivity index (χ0) is 13.3. The zero-order valence-corrected chi connectivity index (χ0v) is 11.9. The van der Waals surface area contributed by atoms with Gasteiger partial charge in [0.2, 0.25) is 0 Å². The van der Waals surface area contributed by atoms with Gasteiger partial charge in [0.25, 0.3) is 0 Å². The number of halogens is 1. The highest BCUT2D eigenvalue weighted by Crippen LogP contribution is 2.34. The number of hydrogen-bond donors (Lipinski definition) is 0. The molecule has 2 rings (SSSR count). The number of aryl methyl sites for hydroxylation is 1. The van der Waals surface area contributed by atoms with Crippen molar-refractivity contribution in [3.63, 3.8) is 0 Å². The number of Topliss-reactive ketones (excluding diaryl/α,β-unsaturated/α-hetero) is 1. The number of hydrogen-bond acceptors (Lipinski definition) is 2. The predicted octanol–water partition coefficient (Wildman–Crippen LogP) is 4.27. The molecule has 0 N–H and O–H groups in total. The van der Waals surface area contributed by atoms with Gasteiger partial charge in [-0.05, 0) is 42.5 Å². The Morgan fingerprint density at radius 1 is 1.39 bits per heavy atom. The molecule has 0 radical (unpaired) electrons. The van der Waals surface area contributed by atoms with Crippen molar-refractivity contribution in [2.75, 3.05) is 0 Å². The molecule has 98 valence electrons. The molecule has 0 bridgehead atoms. The lowest BCUT2D eigenvalue weighted by Crippen LogP contribution is -2.13. The Balaban J connectivity index is 2.25. The molecule has 18 heavy (non-hydrogen) atoms. The summed E-state index contributed by atoms with van der Waals surface area (Å²) in [4.78, 5) is 11.3. The van der Waals surface area contributed by atoms with Gasteiger partial charge in [-0.1, -0.05) is 25.4 Å². The van der Waals surface area contributed by atoms with Crippen LogP contribution in [0.15, 0.2) is 12.1 Å². The van der Waals surface area contributed by atoms with Crippen LogP contribution in [0.4, 0.5) is 0 Å². The first-order valence-corrected chi connectivity index (χ1v) is 6.83. The Hall–Kier alpha value is -1.02. The number of ketones is 1. The molecule has 0 saturated heterocycles. The van der Waals surface area contributed by atoms with Crippen LogP contribution >= 0.6 is 11.6 Å². The van der Waals surface area contributed by atoms with E-state index < -0.39 is 0 Å². The van der Waals surface area contributed by atoms with Crippen molar-refractivity contribution in [3.05, 3.63) is 28.3 Å². The van der Waals surface area contributed by atoms with E-state index in [0.717, 1.165) is 28.3 Å². The van der Waals surface area contributed by atoms with Crippen molar-refractivity contribution >= 4 is 17.4 Å². The summed E-state index contributed by atoms with van der Waals surface area (Å²) in [5.41, 5.74) is 2.13. The van der Waals surface area contributed by atoms with Crippen molar-refractivity contribution < 1.29 is 9.53 Å². The van der Waals surface area contributed by atoms with Crippen LogP contribution in [-0.2, 0) is 4.79 Å². The first kappa shape index (κ1) is 13.4. The van der Waals surface area contributed by atoms with E-state index in [9.17, 15) is 4.79 Å². The Labute approximate surface area is 113 Å². The molecular formula is C15H19ClO2. The molecule has 1 aliphatic carbocycles. The van der Waals surface area contributed by atoms with Crippen molar-refractivity contribution in [2.24, 2.45) is 0 Å². The Morgan fingerprint density at radius 2 is 2.11 bits per heavy atom. The van der Waals surface area contributed by atoms with Gasteiger partial charge in [-0.2, -0.15) is 0 Å². The summed E-state index contributed by atoms with van der Waals surface area (Å²) in [5, 5.41) is 0.772. The fraction of sp³-hybridized carbons (Fsp3) is 0.533. The monoisotopic (exact) mass is 266 g/mol. The normalized spacial score (nSPS) is 19.6. The van der Waals surface area contributed by atoms with Crippen LogP contribution in [-0.4, -0.2) is 11.9 Å². The van der Waals surface area contributed by atoms with Gasteiger partial charge in [-0.25, -0.2) is 0 Å². The van der Waals surface area contributed by atoms with Gasteiger partial charge in [-0.15, -0.1) is 0 Å². The van der Waals surface area contributed by atoms with E-state index in [1.54, 1.807) is 0 Å². The molecule has 3 heteroatoms. The van der Waals surface area contributed by atoms with E-state index in [4.69, 9.17) is 16.3 Å². The minimum atomic E-state index is 0.0376. The zero-order valence-electron chi connectivity index (χ0n) is 11.1. The standard InChI is InChI=1S/C15H19ClO2/c1-9(2)13-8-14(16)10(3)6-15(13)18-12-5-4-11(17)7-12/h6,8-9,12H,4-5,7H2,1-3H3. The van der Waals surface area contributed by atoms with Gasteiger partial charge in [0, 0.05) is 17.9 Å². The van der Waals surface area contributed by atoms with Gasteiger partial charge >= 0.3 is 0 Å². The summed E-state index contributed by atoms with van der Waals surface area (Å²) in [6, 6.07) is 3.97. The van der Waals surface area contributed by atoms with Crippen LogP contribution in [0.3, 0.4) is 0 Å². The maximum Gasteiger partial charge on any atom is 0.136 e. The average Bonchev–Trinajstić information content (AvgIpc) is 2.68. The molecule has 1 fully saturated rings. The number of carbonyl (C=O) groups is 1. The second kappa shape index (κ2) is 5.31. The summed E-state index contributed by atoms with van der Waals surface area (Å²) in [6.07, 6.45) is 2.06. The Bertz CT molecular complexity index is 466. The van der Waals surface area contributed by atoms with E-state index >= 15 is 0 Å². The summed E-state index contributed by atoms with van der Waals surface area (Å²) >= 11 is 6.16. The van der Waals surface area contributed by atoms with Crippen LogP contribution in [0.2, 0.25) is 5.02 Å². The van der Waals surface area contributed by atoms with Gasteiger partial charge < -0.3 is 4.74 Å². The second-order valence-electron chi connectivity index (χ2n) is 5.32. The molecule has 0 amide bonds. The Kier molecular flexibility index (Phi) is 3.96. The maximum absolute atomic E-state index is 11.3. The summed E-state index contributed by atoms with van der Waals surface area (Å²) in [6.45, 7) is 6.21. The molecule has 0 spiro atoms. The fourth-order valence-corrected chi connectivity index (χ4v) is 2.46. The highest BCUT2D eigenvalue weighted by atomic mass is 35.5. The van der Waals surface area contributed by atoms with E-state index in [2.05, 4.69) is 13.8 Å². The molecule has 0 heterocycles. The summed E-state index contributed by atoms with van der Waals surface area (Å²) in [7, 11) is 0. The number of carbonyl (C=O) groups excluding carboxylic acids is 1. The predicted molar refractivity (Wildman–Crippen MR) is 73.6 cm³/mol. The summed E-state index contributed by atoms with van der Waals surface area (Å²) < 4.78 is 5.99. The smallest absolute Gasteiger partial charge is 0.136 e. The average molecular weight is 267 g/mol. The van der Waals surface area contributed by atoms with Gasteiger partial charge in [-0.3, -0.25) is 4.79 Å². The number of ether oxygens (including phenoxy) is 1. The first-order valence-electron chi connectivity index (χ1n) is 6.45. The molecule has 1 saturated carbocycles. The molecule has 1 aromatic carbocycles. The first-order chi connectivity index (χ1) is 8.47. The number of benzene rings is 1. The molecule has 1 atom stereocenters. The van der Waals surface area contributed by atoms with E-state index in [1.807, 2.05) is 19.1 Å². The minimum absolute atomic E-state index is 0.0376. The third-order valence-electron chi connectivity index (χ3n) is 3.41. The van der Waals surface area contributed by atoms with Crippen LogP contribution in [0.1, 0.15) is 50.2 Å². The highest BCUT2D eigenvalue weighted by molar-refractivity contribution is 6.31. The molecular weight excluding hydrogens is 248 g/mol. The SMILES string of the molecule is Cc1cc(OC2CCC(=O)C2)c(C(C)C)cc1Cl. The van der Waals surface area contributed by atoms with Gasteiger partial charge in [0.05, 0.1) is 0 Å². The van der Waals surface area contributed by atoms with Crippen LogP contribution in [0.5, 0.6) is 5.75 Å². The minimum Gasteiger partial charge on any atom is -0.490 e. The lowest BCUT2D eigenvalue weighted by molar-refractivity contribution is -0.117. The molecule has 1 aliphatic rings. The van der Waals surface area contributed by atoms with Crippen molar-refractivity contribution in [1.82, 2.24) is 0 Å². The van der Waals surface area contributed by atoms with Crippen LogP contribution in [0.25, 0.3) is 0 Å². The third-order valence-corrected chi connectivity index (χ3v) is 3.81. The molecule has 1 unspecified atom stereocenters. The van der Waals surface area contributed by atoms with E-state index in [1.165, 1.54) is 0 Å². The highest BCUT2D eigenvalue weighted by Gasteiger charge is 2.25. The van der Waals surface area contributed by atoms with Gasteiger partial charge in [0.1, 0.15) is 17.6 Å². The van der Waals surface area contributed by atoms with Crippen molar-refractivity contribution in [3.8, 4) is 5.75 Å². The molecule has 2 nitrogen and oxygen atoms in total. The molecule has 0 aliphatic heterocycles. The molecule has 1 aromatic rings. The lowest BCUT2D eigenvalue weighted by atomic mass is 10.0. The maximum atomic E-state index is 11.3. The van der Waals surface area contributed by atoms with Crippen molar-refractivity contribution in [2.45, 2.75) is 52.1 Å². The molecule has 0 aromatic heterocycles. The number of rotatable bonds is 3. The largest absolute Gasteiger partial charge is 0.490 e. The Morgan fingerprint density at radius 3 is 2.67 bits per heavy atom. The second-order valence-corrected chi connectivity index (χ2v) is 5.72. The quantitative estimate of drug-likeness (QED) is 0.817. The van der Waals surface area contributed by atoms with Crippen LogP contribution in [0, 0.1) is 6.92 Å². The topological polar surface area (TPSA) is 26.3 Å². The van der Waals surface area contributed by atoms with Crippen LogP contribution < -0.4 is 4.74 Å². The fourth-order valence-electron chi connectivity index (χ4n) is 2.28. The lowest BCUT2D eigenvalue weighted by Gasteiger charge is -2.19.